The molecule has 0 atom stereocenters. The van der Waals surface area contributed by atoms with Gasteiger partial charge in [0.2, 0.25) is 0 Å². The highest BCUT2D eigenvalue weighted by atomic mass is 16.5. The molecule has 69 heavy (non-hydrogen) atoms. The molecule has 15 rings (SSSR count). The summed E-state index contributed by atoms with van der Waals surface area (Å²) in [5.41, 5.74) is 15.1. The Labute approximate surface area is 393 Å². The molecule has 9 heteroatoms. The number of nitriles is 2. The van der Waals surface area contributed by atoms with Crippen molar-refractivity contribution >= 4 is 65.4 Å². The number of fused-ring (bicyclic) bond motifs is 18. The molecule has 1 aliphatic carbocycles. The molecule has 0 N–H and O–H groups in total. The van der Waals surface area contributed by atoms with E-state index in [0.29, 0.717) is 11.1 Å². The van der Waals surface area contributed by atoms with Crippen LogP contribution in [0, 0.1) is 22.7 Å². The van der Waals surface area contributed by atoms with Crippen LogP contribution in [0.2, 0.25) is 0 Å². The van der Waals surface area contributed by atoms with Crippen LogP contribution in [-0.4, -0.2) is 28.7 Å². The van der Waals surface area contributed by atoms with Crippen molar-refractivity contribution < 1.29 is 4.74 Å². The van der Waals surface area contributed by atoms with Crippen LogP contribution in [0.3, 0.4) is 0 Å². The third-order valence-corrected chi connectivity index (χ3v) is 14.5. The molecule has 0 saturated carbocycles. The quantitative estimate of drug-likeness (QED) is 0.175. The molecule has 9 nitrogen and oxygen atoms in total. The van der Waals surface area contributed by atoms with Gasteiger partial charge in [-0.3, -0.25) is 15.0 Å². The van der Waals surface area contributed by atoms with Gasteiger partial charge in [0, 0.05) is 91.2 Å². The lowest BCUT2D eigenvalue weighted by Gasteiger charge is -2.39. The standard InChI is InChI=1S/C60H32N8O/c61-32-35-13-20-52-43(27-35)42-23-26-63-34-55(42)68(52)37-17-22-54-45(29-37)44-28-36(33-62)14-21-53(44)67(54)39-16-19-47-57(31-39)69-56-30-38(66-50-11-3-1-7-40(50)41-8-2-4-12-51(41)66)15-18-46(56)60(47)48-9-5-24-64-58(48)59-49(60)10-6-25-65-59/h1-31,34H. The lowest BCUT2D eigenvalue weighted by Crippen LogP contribution is -2.32. The Kier molecular flexibility index (Phi) is 7.38. The predicted octanol–water partition coefficient (Wildman–Crippen LogP) is 13.4. The first-order chi connectivity index (χ1) is 34.1. The van der Waals surface area contributed by atoms with Crippen LogP contribution in [0.1, 0.15) is 33.4 Å². The highest BCUT2D eigenvalue weighted by molar-refractivity contribution is 6.13. The van der Waals surface area contributed by atoms with Gasteiger partial charge in [0.15, 0.2) is 0 Å². The number of rotatable bonds is 3. The van der Waals surface area contributed by atoms with Gasteiger partial charge in [0.05, 0.1) is 79.4 Å². The van der Waals surface area contributed by atoms with E-state index in [0.717, 1.165) is 117 Å². The average Bonchev–Trinajstić information content (AvgIpc) is 4.12. The third kappa shape index (κ3) is 4.87. The highest BCUT2D eigenvalue weighted by Crippen LogP contribution is 2.61. The zero-order valence-corrected chi connectivity index (χ0v) is 36.5. The number of nitrogens with zero attached hydrogens (tertiary/aromatic N) is 8. The van der Waals surface area contributed by atoms with Crippen LogP contribution in [0.15, 0.2) is 195 Å². The Hall–Kier alpha value is -9.83. The number of benzene rings is 7. The van der Waals surface area contributed by atoms with Crippen molar-refractivity contribution in [2.45, 2.75) is 5.41 Å². The lowest BCUT2D eigenvalue weighted by molar-refractivity contribution is 0.436. The SMILES string of the molecule is N#Cc1ccc2c(c1)c1cc(-n3c4ccc(C#N)cc4c4ccncc43)ccc1n2-c1ccc2c(c1)Oc1cc(-n3c4ccccc4c4ccccc43)ccc1C21c2cccnc2-c2ncccc21. The molecule has 6 aromatic heterocycles. The monoisotopic (exact) mass is 880 g/mol. The maximum atomic E-state index is 10.2. The van der Waals surface area contributed by atoms with Gasteiger partial charge >= 0.3 is 0 Å². The van der Waals surface area contributed by atoms with Crippen molar-refractivity contribution in [3.8, 4) is 52.1 Å². The molecule has 13 aromatic rings. The minimum absolute atomic E-state index is 0.573. The number of para-hydroxylation sites is 2. The van der Waals surface area contributed by atoms with Gasteiger partial charge in [0.1, 0.15) is 11.5 Å². The Balaban J connectivity index is 0.973. The second kappa shape index (κ2) is 13.6. The van der Waals surface area contributed by atoms with Crippen molar-refractivity contribution in [2.24, 2.45) is 0 Å². The Morgan fingerprint density at radius 3 is 1.43 bits per heavy atom. The summed E-state index contributed by atoms with van der Waals surface area (Å²) in [6.45, 7) is 0. The van der Waals surface area contributed by atoms with E-state index in [1.807, 2.05) is 73.2 Å². The molecule has 1 aliphatic heterocycles. The molecule has 7 aromatic carbocycles. The van der Waals surface area contributed by atoms with Crippen molar-refractivity contribution in [3.05, 3.63) is 228 Å². The fourth-order valence-electron chi connectivity index (χ4n) is 11.8. The van der Waals surface area contributed by atoms with Gasteiger partial charge < -0.3 is 18.4 Å². The van der Waals surface area contributed by atoms with E-state index >= 15 is 0 Å². The molecule has 0 radical (unpaired) electrons. The van der Waals surface area contributed by atoms with Crippen LogP contribution in [0.4, 0.5) is 0 Å². The summed E-state index contributed by atoms with van der Waals surface area (Å²) < 4.78 is 14.1. The van der Waals surface area contributed by atoms with Crippen LogP contribution in [0.5, 0.6) is 11.5 Å². The second-order valence-corrected chi connectivity index (χ2v) is 17.8. The van der Waals surface area contributed by atoms with E-state index in [1.165, 1.54) is 10.8 Å². The summed E-state index contributed by atoms with van der Waals surface area (Å²) in [6, 6.07) is 63.6. The second-order valence-electron chi connectivity index (χ2n) is 17.8. The minimum atomic E-state index is -0.781. The van der Waals surface area contributed by atoms with E-state index in [-0.39, 0.29) is 0 Å². The number of hydrogen-bond acceptors (Lipinski definition) is 6. The molecule has 0 unspecified atom stereocenters. The minimum Gasteiger partial charge on any atom is -0.457 e. The molecule has 0 fully saturated rings. The third-order valence-electron chi connectivity index (χ3n) is 14.5. The molecule has 2 aliphatic rings. The molecule has 0 saturated heterocycles. The Morgan fingerprint density at radius 1 is 0.391 bits per heavy atom. The summed E-state index contributed by atoms with van der Waals surface area (Å²) >= 11 is 0. The van der Waals surface area contributed by atoms with Crippen molar-refractivity contribution in [1.82, 2.24) is 28.7 Å². The van der Waals surface area contributed by atoms with Gasteiger partial charge in [-0.15, -0.1) is 0 Å². The van der Waals surface area contributed by atoms with Gasteiger partial charge in [0.25, 0.3) is 0 Å². The van der Waals surface area contributed by atoms with E-state index in [4.69, 9.17) is 14.7 Å². The van der Waals surface area contributed by atoms with Crippen LogP contribution in [0.25, 0.3) is 93.9 Å². The summed E-state index contributed by atoms with van der Waals surface area (Å²) in [6.07, 6.45) is 7.36. The van der Waals surface area contributed by atoms with E-state index in [9.17, 15) is 10.5 Å². The molecular weight excluding hydrogens is 849 g/mol. The molecule has 318 valence electrons. The summed E-state index contributed by atoms with van der Waals surface area (Å²) in [5.74, 6) is 1.47. The average molecular weight is 881 g/mol. The van der Waals surface area contributed by atoms with E-state index in [2.05, 4.69) is 146 Å². The largest absolute Gasteiger partial charge is 0.457 e. The fraction of sp³-hybridized carbons (Fsp3) is 0.0167. The number of hydrogen-bond donors (Lipinski definition) is 0. The smallest absolute Gasteiger partial charge is 0.134 e. The number of pyridine rings is 3. The van der Waals surface area contributed by atoms with E-state index in [1.54, 1.807) is 6.20 Å². The van der Waals surface area contributed by atoms with Gasteiger partial charge in [-0.2, -0.15) is 10.5 Å². The van der Waals surface area contributed by atoms with Crippen LogP contribution >= 0.6 is 0 Å². The number of ether oxygens (including phenoxy) is 1. The Morgan fingerprint density at radius 2 is 0.855 bits per heavy atom. The first-order valence-electron chi connectivity index (χ1n) is 22.8. The fourth-order valence-corrected chi connectivity index (χ4v) is 11.8. The number of aromatic nitrogens is 6. The van der Waals surface area contributed by atoms with Crippen molar-refractivity contribution in [1.29, 1.82) is 10.5 Å². The normalized spacial score (nSPS) is 13.1. The van der Waals surface area contributed by atoms with Crippen LogP contribution in [-0.2, 0) is 5.41 Å². The zero-order chi connectivity index (χ0) is 45.5. The summed E-state index contributed by atoms with van der Waals surface area (Å²) in [7, 11) is 0. The predicted molar refractivity (Wildman–Crippen MR) is 270 cm³/mol. The van der Waals surface area contributed by atoms with Crippen molar-refractivity contribution in [2.75, 3.05) is 0 Å². The first-order valence-corrected chi connectivity index (χ1v) is 22.8. The maximum absolute atomic E-state index is 10.2. The van der Waals surface area contributed by atoms with Gasteiger partial charge in [-0.25, -0.2) is 0 Å². The van der Waals surface area contributed by atoms with Crippen LogP contribution < -0.4 is 4.74 Å². The van der Waals surface area contributed by atoms with Gasteiger partial charge in [-0.1, -0.05) is 60.7 Å². The highest BCUT2D eigenvalue weighted by Gasteiger charge is 2.52. The summed E-state index contributed by atoms with van der Waals surface area (Å²) in [5, 5.41) is 26.3. The zero-order valence-electron chi connectivity index (χ0n) is 36.5. The molecular formula is C60H32N8O. The molecule has 0 bridgehead atoms. The van der Waals surface area contributed by atoms with Gasteiger partial charge in [-0.05, 0) is 108 Å². The first kappa shape index (κ1) is 37.4. The molecule has 1 spiro atoms. The summed E-state index contributed by atoms with van der Waals surface area (Å²) in [4.78, 5) is 14.5. The Bertz CT molecular complexity index is 4420. The lowest BCUT2D eigenvalue weighted by atomic mass is 9.66. The topological polar surface area (TPSA) is 110 Å². The maximum Gasteiger partial charge on any atom is 0.134 e. The van der Waals surface area contributed by atoms with E-state index < -0.39 is 5.41 Å². The van der Waals surface area contributed by atoms with Crippen molar-refractivity contribution in [3.63, 3.8) is 0 Å². The molecule has 0 amide bonds. The molecule has 7 heterocycles.